The zero-order chi connectivity index (χ0) is 19.1. The van der Waals surface area contributed by atoms with Crippen molar-refractivity contribution in [3.8, 4) is 0 Å². The van der Waals surface area contributed by atoms with Crippen LogP contribution in [0.5, 0.6) is 0 Å². The third-order valence-electron chi connectivity index (χ3n) is 2.11. The van der Waals surface area contributed by atoms with E-state index in [-0.39, 0.29) is 18.0 Å². The van der Waals surface area contributed by atoms with E-state index in [0.29, 0.717) is 0 Å². The molecule has 0 saturated heterocycles. The van der Waals surface area contributed by atoms with E-state index in [4.69, 9.17) is 10.2 Å². The Morgan fingerprint density at radius 2 is 1.38 bits per heavy atom. The lowest BCUT2D eigenvalue weighted by Gasteiger charge is -2.26. The van der Waals surface area contributed by atoms with Crippen molar-refractivity contribution in [2.45, 2.75) is 6.42 Å². The van der Waals surface area contributed by atoms with Gasteiger partial charge in [0.05, 0.1) is 33.6 Å². The summed E-state index contributed by atoms with van der Waals surface area (Å²) >= 11 is 0. The molecular formula is C16H27ClN2O5. The van der Waals surface area contributed by atoms with Gasteiger partial charge in [-0.15, -0.1) is 0 Å². The van der Waals surface area contributed by atoms with Gasteiger partial charge in [0.2, 0.25) is 5.91 Å². The lowest BCUT2D eigenvalue weighted by Crippen LogP contribution is -3.00. The van der Waals surface area contributed by atoms with Crippen LogP contribution in [0.2, 0.25) is 0 Å². The summed E-state index contributed by atoms with van der Waals surface area (Å²) in [5, 5.41) is 16.1. The Morgan fingerprint density at radius 1 is 1.04 bits per heavy atom. The average Bonchev–Trinajstić information content (AvgIpc) is 2.38. The lowest BCUT2D eigenvalue weighted by molar-refractivity contribution is -0.878. The van der Waals surface area contributed by atoms with Gasteiger partial charge in [0.1, 0.15) is 0 Å². The van der Waals surface area contributed by atoms with Crippen molar-refractivity contribution < 1.29 is 41.5 Å². The highest BCUT2D eigenvalue weighted by Crippen LogP contribution is 1.96. The Labute approximate surface area is 149 Å². The summed E-state index contributed by atoms with van der Waals surface area (Å²) in [7, 11) is 4.31. The summed E-state index contributed by atoms with van der Waals surface area (Å²) in [6.45, 7) is 15.5. The highest BCUT2D eigenvalue weighted by atomic mass is 35.5. The number of halogens is 1. The molecule has 0 fully saturated rings. The van der Waals surface area contributed by atoms with Gasteiger partial charge in [-0.25, -0.2) is 4.79 Å². The number of likely N-dealkylation sites (N-methyl/N-ethyl adjacent to an activating group) is 1. The van der Waals surface area contributed by atoms with E-state index in [0.717, 1.165) is 23.6 Å². The number of carboxylic acids is 2. The molecule has 0 saturated carbocycles. The molecule has 0 radical (unpaired) electrons. The number of quaternary nitrogens is 1. The largest absolute Gasteiger partial charge is 1.00 e. The van der Waals surface area contributed by atoms with E-state index >= 15 is 0 Å². The van der Waals surface area contributed by atoms with Crippen LogP contribution in [0.15, 0.2) is 50.1 Å². The van der Waals surface area contributed by atoms with Crippen molar-refractivity contribution in [1.82, 2.24) is 0 Å². The smallest absolute Gasteiger partial charge is 0.331 e. The van der Waals surface area contributed by atoms with Crippen LogP contribution in [0.3, 0.4) is 0 Å². The number of primary amides is 1. The van der Waals surface area contributed by atoms with Crippen molar-refractivity contribution in [3.05, 3.63) is 50.1 Å². The highest BCUT2D eigenvalue weighted by Gasteiger charge is 2.08. The summed E-state index contributed by atoms with van der Waals surface area (Å²) in [6, 6.07) is 0. The number of nitrogens with two attached hydrogens (primary N) is 1. The van der Waals surface area contributed by atoms with Crippen molar-refractivity contribution in [3.63, 3.8) is 0 Å². The molecule has 0 aromatic heterocycles. The molecule has 7 nitrogen and oxygen atoms in total. The first-order valence-electron chi connectivity index (χ1n) is 6.52. The summed E-state index contributed by atoms with van der Waals surface area (Å²) in [6.07, 6.45) is 4.42. The average molecular weight is 363 g/mol. The van der Waals surface area contributed by atoms with Crippen molar-refractivity contribution in [2.75, 3.05) is 27.2 Å². The van der Waals surface area contributed by atoms with E-state index in [1.54, 1.807) is 0 Å². The molecule has 0 spiro atoms. The summed E-state index contributed by atoms with van der Waals surface area (Å²) in [5.41, 5.74) is 4.23. The van der Waals surface area contributed by atoms with Gasteiger partial charge in [-0.2, -0.15) is 0 Å². The van der Waals surface area contributed by atoms with Gasteiger partial charge in [-0.3, -0.25) is 9.59 Å². The first-order valence-corrected chi connectivity index (χ1v) is 6.52. The predicted octanol–water partition coefficient (Wildman–Crippen LogP) is -1.80. The van der Waals surface area contributed by atoms with E-state index in [1.165, 1.54) is 0 Å². The van der Waals surface area contributed by atoms with Crippen molar-refractivity contribution in [1.29, 1.82) is 0 Å². The number of amides is 1. The second-order valence-corrected chi connectivity index (χ2v) is 4.96. The molecule has 8 heteroatoms. The van der Waals surface area contributed by atoms with E-state index < -0.39 is 24.3 Å². The fraction of sp³-hybridized carbons (Fsp3) is 0.312. The monoisotopic (exact) mass is 362 g/mol. The first kappa shape index (κ1) is 29.6. The number of hydrogen-bond acceptors (Lipinski definition) is 3. The first-order chi connectivity index (χ1) is 10.4. The number of hydrogen-bond donors (Lipinski definition) is 3. The van der Waals surface area contributed by atoms with E-state index in [2.05, 4.69) is 46.1 Å². The minimum Gasteiger partial charge on any atom is -1.00 e. The van der Waals surface area contributed by atoms with Crippen LogP contribution in [-0.2, 0) is 14.4 Å². The number of rotatable bonds is 8. The molecule has 1 amide bonds. The van der Waals surface area contributed by atoms with Gasteiger partial charge in [0.15, 0.2) is 0 Å². The molecule has 0 aliphatic carbocycles. The van der Waals surface area contributed by atoms with Crippen molar-refractivity contribution >= 4 is 17.8 Å². The molecule has 138 valence electrons. The fourth-order valence-corrected chi connectivity index (χ4v) is 1.03. The second kappa shape index (κ2) is 17.0. The minimum absolute atomic E-state index is 0. The minimum atomic E-state index is -1.27. The van der Waals surface area contributed by atoms with Crippen LogP contribution in [0, 0.1) is 0 Å². The predicted molar refractivity (Wildman–Crippen MR) is 90.7 cm³/mol. The Hall–Kier alpha value is -2.38. The second-order valence-electron chi connectivity index (χ2n) is 4.96. The maximum atomic E-state index is 9.87. The van der Waals surface area contributed by atoms with Crippen LogP contribution in [0.1, 0.15) is 6.42 Å². The van der Waals surface area contributed by atoms with Gasteiger partial charge in [-0.1, -0.05) is 26.3 Å². The molecule has 4 N–H and O–H groups in total. The maximum Gasteiger partial charge on any atom is 0.331 e. The zero-order valence-corrected chi connectivity index (χ0v) is 15.0. The SMILES string of the molecule is C=C(CC(=O)O)C(=O)O.C=CC(N)=O.C=CC[N+](C)(C)CC=C.[Cl-]. The van der Waals surface area contributed by atoms with E-state index in [9.17, 15) is 14.4 Å². The third-order valence-corrected chi connectivity index (χ3v) is 2.11. The summed E-state index contributed by atoms with van der Waals surface area (Å²) in [5.74, 6) is -2.93. The number of carbonyl (C=O) groups is 3. The van der Waals surface area contributed by atoms with Gasteiger partial charge in [0.25, 0.3) is 0 Å². The Bertz CT molecular complexity index is 447. The maximum absolute atomic E-state index is 9.87. The molecule has 0 bridgehead atoms. The molecule has 0 aromatic carbocycles. The van der Waals surface area contributed by atoms with E-state index in [1.807, 2.05) is 12.2 Å². The number of carbonyl (C=O) groups excluding carboxylic acids is 1. The number of aliphatic carboxylic acids is 2. The Kier molecular flexibility index (Phi) is 21.0. The normalized spacial score (nSPS) is 8.58. The summed E-state index contributed by atoms with van der Waals surface area (Å²) in [4.78, 5) is 29.1. The molecule has 24 heavy (non-hydrogen) atoms. The lowest BCUT2D eigenvalue weighted by atomic mass is 10.2. The number of nitrogens with zero attached hydrogens (tertiary/aromatic N) is 1. The molecule has 0 heterocycles. The summed E-state index contributed by atoms with van der Waals surface area (Å²) < 4.78 is 0.951. The molecule has 0 aliphatic heterocycles. The van der Waals surface area contributed by atoms with Crippen LogP contribution in [0.25, 0.3) is 0 Å². The van der Waals surface area contributed by atoms with Gasteiger partial charge in [0, 0.05) is 5.57 Å². The standard InChI is InChI=1S/C8H16N.C5H6O4.C3H5NO.ClH/c1-5-7-9(3,4)8-6-2;1-3(5(8)9)2-4(6)7;1-2-3(4)5;/h5-6H,1-2,7-8H2,3-4H3;1-2H2,(H,6,7)(H,8,9);2H,1H2,(H2,4,5);1H/q+1;;;/p-1. The Morgan fingerprint density at radius 3 is 1.50 bits per heavy atom. The van der Waals surface area contributed by atoms with Gasteiger partial charge >= 0.3 is 11.9 Å². The molecule has 0 aliphatic rings. The molecule has 0 unspecified atom stereocenters. The zero-order valence-electron chi connectivity index (χ0n) is 14.2. The Balaban J connectivity index is -0.000000128. The fourth-order valence-electron chi connectivity index (χ4n) is 1.03. The highest BCUT2D eigenvalue weighted by molar-refractivity contribution is 5.91. The molecule has 0 rings (SSSR count). The van der Waals surface area contributed by atoms with Crippen LogP contribution in [-0.4, -0.2) is 59.7 Å². The topological polar surface area (TPSA) is 118 Å². The van der Waals surface area contributed by atoms with Gasteiger partial charge < -0.3 is 32.8 Å². The van der Waals surface area contributed by atoms with Crippen LogP contribution >= 0.6 is 0 Å². The van der Waals surface area contributed by atoms with Gasteiger partial charge in [-0.05, 0) is 18.2 Å². The van der Waals surface area contributed by atoms with Crippen LogP contribution < -0.4 is 18.1 Å². The third kappa shape index (κ3) is 27.9. The molecule has 0 aromatic rings. The quantitative estimate of drug-likeness (QED) is 0.267. The number of carboxylic acid groups (broad SMARTS) is 2. The molecular weight excluding hydrogens is 336 g/mol. The van der Waals surface area contributed by atoms with Crippen molar-refractivity contribution in [2.24, 2.45) is 5.73 Å². The molecule has 0 atom stereocenters. The van der Waals surface area contributed by atoms with Crippen LogP contribution in [0.4, 0.5) is 0 Å².